The Morgan fingerprint density at radius 2 is 1.73 bits per heavy atom. The van der Waals surface area contributed by atoms with Crippen molar-refractivity contribution in [3.8, 4) is 0 Å². The molecule has 2 aliphatic carbocycles. The molecule has 0 amide bonds. The van der Waals surface area contributed by atoms with E-state index in [1.54, 1.807) is 12.2 Å². The molecule has 0 aliphatic heterocycles. The Hall–Kier alpha value is -1.03. The van der Waals surface area contributed by atoms with Crippen LogP contribution in [0.3, 0.4) is 0 Å². The van der Waals surface area contributed by atoms with E-state index in [0.717, 1.165) is 0 Å². The van der Waals surface area contributed by atoms with Crippen LogP contribution < -0.4 is 0 Å². The van der Waals surface area contributed by atoms with Crippen molar-refractivity contribution in [2.75, 3.05) is 14.2 Å². The molecule has 1 saturated carbocycles. The van der Waals surface area contributed by atoms with E-state index in [1.807, 2.05) is 0 Å². The van der Waals surface area contributed by atoms with Gasteiger partial charge in [-0.2, -0.15) is 0 Å². The quantitative estimate of drug-likeness (QED) is 0.304. The van der Waals surface area contributed by atoms with E-state index in [1.165, 1.54) is 14.2 Å². The van der Waals surface area contributed by atoms with Crippen molar-refractivity contribution in [2.45, 2.75) is 5.38 Å². The maximum atomic E-state index is 11.6. The zero-order valence-corrected chi connectivity index (χ0v) is 9.15. The number of methoxy groups -OCH3 is 2. The number of allylic oxidation sites excluding steroid dienone is 2. The van der Waals surface area contributed by atoms with Gasteiger partial charge in [0.05, 0.1) is 19.6 Å². The molecule has 0 N–H and O–H groups in total. The summed E-state index contributed by atoms with van der Waals surface area (Å²) in [6.07, 6.45) is 3.58. The van der Waals surface area contributed by atoms with Crippen LogP contribution in [0.2, 0.25) is 0 Å². The molecule has 0 bridgehead atoms. The Bertz CT molecular complexity index is 333. The van der Waals surface area contributed by atoms with Crippen LogP contribution in [-0.4, -0.2) is 31.5 Å². The molecule has 3 unspecified atom stereocenters. The fourth-order valence-electron chi connectivity index (χ4n) is 2.47. The monoisotopic (exact) mass is 230 g/mol. The lowest BCUT2D eigenvalue weighted by Crippen LogP contribution is -2.33. The Kier molecular flexibility index (Phi) is 2.26. The van der Waals surface area contributed by atoms with Crippen LogP contribution in [0.5, 0.6) is 0 Å². The number of esters is 2. The standard InChI is InChI=1S/C10H11ClO4/c1-14-8(12)10(9(13)15-2)5-3-4-6(11)7(5)10/h3-7H,1-2H3. The van der Waals surface area contributed by atoms with E-state index < -0.39 is 17.4 Å². The van der Waals surface area contributed by atoms with Crippen LogP contribution in [0.15, 0.2) is 12.2 Å². The van der Waals surface area contributed by atoms with Gasteiger partial charge in [-0.05, 0) is 0 Å². The Labute approximate surface area is 92.2 Å². The highest BCUT2D eigenvalue weighted by molar-refractivity contribution is 6.24. The Balaban J connectivity index is 2.33. The molecule has 4 nitrogen and oxygen atoms in total. The molecule has 0 heterocycles. The summed E-state index contributed by atoms with van der Waals surface area (Å²) >= 11 is 5.99. The summed E-state index contributed by atoms with van der Waals surface area (Å²) in [4.78, 5) is 23.3. The van der Waals surface area contributed by atoms with Gasteiger partial charge in [0.2, 0.25) is 0 Å². The highest BCUT2D eigenvalue weighted by Crippen LogP contribution is 2.66. The van der Waals surface area contributed by atoms with Crippen LogP contribution in [0.1, 0.15) is 0 Å². The molecule has 3 atom stereocenters. The number of alkyl halides is 1. The van der Waals surface area contributed by atoms with Gasteiger partial charge in [0.15, 0.2) is 5.41 Å². The van der Waals surface area contributed by atoms with E-state index in [4.69, 9.17) is 11.6 Å². The molecule has 2 rings (SSSR count). The van der Waals surface area contributed by atoms with Crippen LogP contribution in [0.4, 0.5) is 0 Å². The van der Waals surface area contributed by atoms with Crippen LogP contribution in [-0.2, 0) is 19.1 Å². The molecule has 0 spiro atoms. The minimum absolute atomic E-state index is 0.167. The van der Waals surface area contributed by atoms with Crippen molar-refractivity contribution >= 4 is 23.5 Å². The molecule has 82 valence electrons. The lowest BCUT2D eigenvalue weighted by Gasteiger charge is -2.15. The third-order valence-electron chi connectivity index (χ3n) is 3.22. The average Bonchev–Trinajstić information content (AvgIpc) is 2.79. The Morgan fingerprint density at radius 3 is 2.07 bits per heavy atom. The predicted molar refractivity (Wildman–Crippen MR) is 52.2 cm³/mol. The smallest absolute Gasteiger partial charge is 0.324 e. The fourth-order valence-corrected chi connectivity index (χ4v) is 2.91. The molecule has 0 radical (unpaired) electrons. The summed E-state index contributed by atoms with van der Waals surface area (Å²) in [5.74, 6) is -1.49. The first-order valence-electron chi connectivity index (χ1n) is 4.60. The second-order valence-electron chi connectivity index (χ2n) is 3.73. The first kappa shape index (κ1) is 10.5. The van der Waals surface area contributed by atoms with Gasteiger partial charge in [-0.15, -0.1) is 11.6 Å². The number of carbonyl (C=O) groups excluding carboxylic acids is 2. The number of hydrogen-bond donors (Lipinski definition) is 0. The van der Waals surface area contributed by atoms with E-state index in [2.05, 4.69) is 9.47 Å². The lowest BCUT2D eigenvalue weighted by molar-refractivity contribution is -0.162. The first-order chi connectivity index (χ1) is 7.10. The van der Waals surface area contributed by atoms with E-state index >= 15 is 0 Å². The molecule has 1 fully saturated rings. The zero-order chi connectivity index (χ0) is 11.2. The third-order valence-corrected chi connectivity index (χ3v) is 3.64. The summed E-state index contributed by atoms with van der Waals surface area (Å²) in [5, 5.41) is -0.298. The fraction of sp³-hybridized carbons (Fsp3) is 0.600. The minimum Gasteiger partial charge on any atom is -0.468 e. The van der Waals surface area contributed by atoms with Crippen LogP contribution in [0, 0.1) is 17.3 Å². The van der Waals surface area contributed by atoms with Crippen molar-refractivity contribution in [3.63, 3.8) is 0 Å². The van der Waals surface area contributed by atoms with Gasteiger partial charge in [0.1, 0.15) is 0 Å². The number of hydrogen-bond acceptors (Lipinski definition) is 4. The summed E-state index contributed by atoms with van der Waals surface area (Å²) in [6.45, 7) is 0. The van der Waals surface area contributed by atoms with Crippen molar-refractivity contribution < 1.29 is 19.1 Å². The van der Waals surface area contributed by atoms with Gasteiger partial charge in [-0.25, -0.2) is 0 Å². The molecule has 5 heteroatoms. The van der Waals surface area contributed by atoms with E-state index in [0.29, 0.717) is 0 Å². The summed E-state index contributed by atoms with van der Waals surface area (Å²) in [5.41, 5.74) is -1.19. The molecular weight excluding hydrogens is 220 g/mol. The number of halogens is 1. The number of fused-ring (bicyclic) bond motifs is 1. The molecule has 0 aromatic heterocycles. The van der Waals surface area contributed by atoms with Crippen molar-refractivity contribution in [3.05, 3.63) is 12.2 Å². The summed E-state index contributed by atoms with van der Waals surface area (Å²) < 4.78 is 9.31. The number of rotatable bonds is 2. The van der Waals surface area contributed by atoms with Crippen LogP contribution in [0.25, 0.3) is 0 Å². The van der Waals surface area contributed by atoms with Crippen molar-refractivity contribution in [1.82, 2.24) is 0 Å². The largest absolute Gasteiger partial charge is 0.468 e. The molecule has 2 aliphatic rings. The normalized spacial score (nSPS) is 34.5. The average molecular weight is 231 g/mol. The lowest BCUT2D eigenvalue weighted by atomic mass is 9.98. The second-order valence-corrected chi connectivity index (χ2v) is 4.24. The van der Waals surface area contributed by atoms with E-state index in [-0.39, 0.29) is 17.2 Å². The Morgan fingerprint density at radius 1 is 1.20 bits per heavy atom. The number of carbonyl (C=O) groups is 2. The van der Waals surface area contributed by atoms with Gasteiger partial charge < -0.3 is 9.47 Å². The number of ether oxygens (including phenoxy) is 2. The third kappa shape index (κ3) is 1.08. The molecular formula is C10H11ClO4. The van der Waals surface area contributed by atoms with E-state index in [9.17, 15) is 9.59 Å². The van der Waals surface area contributed by atoms with Gasteiger partial charge in [-0.1, -0.05) is 12.2 Å². The minimum atomic E-state index is -1.19. The molecule has 15 heavy (non-hydrogen) atoms. The summed E-state index contributed by atoms with van der Waals surface area (Å²) in [7, 11) is 2.52. The van der Waals surface area contributed by atoms with Crippen molar-refractivity contribution in [1.29, 1.82) is 0 Å². The van der Waals surface area contributed by atoms with Gasteiger partial charge >= 0.3 is 11.9 Å². The first-order valence-corrected chi connectivity index (χ1v) is 5.03. The summed E-state index contributed by atoms with van der Waals surface area (Å²) in [6, 6.07) is 0. The van der Waals surface area contributed by atoms with Gasteiger partial charge in [0, 0.05) is 11.8 Å². The SMILES string of the molecule is COC(=O)C1(C(=O)OC)C2C=CC(Cl)C21. The maximum Gasteiger partial charge on any atom is 0.324 e. The van der Waals surface area contributed by atoms with Crippen molar-refractivity contribution in [2.24, 2.45) is 17.3 Å². The highest BCUT2D eigenvalue weighted by atomic mass is 35.5. The molecule has 0 saturated heterocycles. The maximum absolute atomic E-state index is 11.6. The van der Waals surface area contributed by atoms with Crippen LogP contribution >= 0.6 is 11.6 Å². The zero-order valence-electron chi connectivity index (χ0n) is 8.40. The topological polar surface area (TPSA) is 52.6 Å². The molecule has 0 aromatic rings. The molecule has 0 aromatic carbocycles. The second kappa shape index (κ2) is 3.23. The van der Waals surface area contributed by atoms with Gasteiger partial charge in [-0.3, -0.25) is 9.59 Å². The highest BCUT2D eigenvalue weighted by Gasteiger charge is 2.78. The van der Waals surface area contributed by atoms with Gasteiger partial charge in [0.25, 0.3) is 0 Å². The predicted octanol–water partition coefficient (Wildman–Crippen LogP) is 0.742.